The van der Waals surface area contributed by atoms with Crippen molar-refractivity contribution in [3.63, 3.8) is 0 Å². The van der Waals surface area contributed by atoms with Gasteiger partial charge in [0.15, 0.2) is 0 Å². The largest absolute Gasteiger partial charge is 0.543 e. The number of aromatic nitrogens is 2. The lowest BCUT2D eigenvalue weighted by Crippen LogP contribution is -2.22. The first-order valence-corrected chi connectivity index (χ1v) is 2.43. The average Bonchev–Trinajstić information content (AvgIpc) is 2.14. The van der Waals surface area contributed by atoms with Gasteiger partial charge in [0.25, 0.3) is 0 Å². The van der Waals surface area contributed by atoms with Crippen LogP contribution in [0.2, 0.25) is 0 Å². The van der Waals surface area contributed by atoms with Crippen LogP contribution in [0.5, 0.6) is 0 Å². The van der Waals surface area contributed by atoms with Crippen LogP contribution in [0.15, 0.2) is 6.20 Å². The molecule has 0 radical (unpaired) electrons. The molecular formula is C5H5N2O2-. The van der Waals surface area contributed by atoms with Crippen molar-refractivity contribution >= 4 is 5.97 Å². The molecule has 48 valence electrons. The van der Waals surface area contributed by atoms with Crippen molar-refractivity contribution in [3.05, 3.63) is 17.7 Å². The molecule has 0 fully saturated rings. The van der Waals surface area contributed by atoms with Crippen molar-refractivity contribution in [1.29, 1.82) is 0 Å². The number of imidazole rings is 1. The highest BCUT2D eigenvalue weighted by Gasteiger charge is 1.93. The summed E-state index contributed by atoms with van der Waals surface area (Å²) in [5.74, 6) is -0.648. The van der Waals surface area contributed by atoms with Crippen LogP contribution >= 0.6 is 0 Å². The third-order valence-electron chi connectivity index (χ3n) is 0.923. The number of hydrogen-bond acceptors (Lipinski definition) is 3. The standard InChI is InChI=1S/C5H6N2O2/c1-3-6-2-4(7-3)5(8)9/h2H,1H3,(H,6,7)(H,8,9)/p-1. The topological polar surface area (TPSA) is 68.8 Å². The molecule has 0 amide bonds. The number of carbonyl (C=O) groups excluding carboxylic acids is 1. The predicted octanol–water partition coefficient (Wildman–Crippen LogP) is -0.918. The number of rotatable bonds is 1. The molecule has 1 aromatic rings. The second-order valence-corrected chi connectivity index (χ2v) is 1.67. The molecule has 0 unspecified atom stereocenters. The SMILES string of the molecule is Cc1ncc(C(=O)[O-])[nH]1. The lowest BCUT2D eigenvalue weighted by Gasteiger charge is -1.92. The number of H-pyrrole nitrogens is 1. The lowest BCUT2D eigenvalue weighted by atomic mass is 10.5. The van der Waals surface area contributed by atoms with Crippen LogP contribution in [0.4, 0.5) is 0 Å². The Hall–Kier alpha value is -1.32. The molecule has 1 heterocycles. The van der Waals surface area contributed by atoms with Crippen molar-refractivity contribution in [2.24, 2.45) is 0 Å². The van der Waals surface area contributed by atoms with Gasteiger partial charge in [0, 0.05) is 0 Å². The molecular weight excluding hydrogens is 120 g/mol. The summed E-state index contributed by atoms with van der Waals surface area (Å²) in [6.07, 6.45) is 1.23. The fourth-order valence-electron chi connectivity index (χ4n) is 0.525. The molecule has 1 N–H and O–H groups in total. The molecule has 0 spiro atoms. The van der Waals surface area contributed by atoms with Crippen LogP contribution in [-0.2, 0) is 0 Å². The van der Waals surface area contributed by atoms with Crippen molar-refractivity contribution in [1.82, 2.24) is 9.97 Å². The van der Waals surface area contributed by atoms with Gasteiger partial charge in [0.2, 0.25) is 0 Å². The fraction of sp³-hybridized carbons (Fsp3) is 0.200. The molecule has 0 aromatic carbocycles. The highest BCUT2D eigenvalue weighted by Crippen LogP contribution is 1.91. The molecule has 9 heavy (non-hydrogen) atoms. The second kappa shape index (κ2) is 1.89. The minimum Gasteiger partial charge on any atom is -0.543 e. The maximum Gasteiger partial charge on any atom is 0.103 e. The highest BCUT2D eigenvalue weighted by molar-refractivity contribution is 5.82. The lowest BCUT2D eigenvalue weighted by molar-refractivity contribution is -0.255. The number of aromatic carboxylic acids is 1. The maximum atomic E-state index is 10.0. The zero-order valence-corrected chi connectivity index (χ0v) is 4.84. The smallest absolute Gasteiger partial charge is 0.103 e. The van der Waals surface area contributed by atoms with Gasteiger partial charge in [-0.2, -0.15) is 0 Å². The van der Waals surface area contributed by atoms with Gasteiger partial charge in [-0.05, 0) is 6.92 Å². The van der Waals surface area contributed by atoms with Gasteiger partial charge in [0.1, 0.15) is 5.82 Å². The minimum atomic E-state index is -1.23. The maximum absolute atomic E-state index is 10.0. The van der Waals surface area contributed by atoms with Crippen LogP contribution in [0.1, 0.15) is 16.3 Å². The predicted molar refractivity (Wildman–Crippen MR) is 27.7 cm³/mol. The number of aryl methyl sites for hydroxylation is 1. The Morgan fingerprint density at radius 2 is 2.56 bits per heavy atom. The summed E-state index contributed by atoms with van der Waals surface area (Å²) in [6.45, 7) is 1.67. The van der Waals surface area contributed by atoms with Crippen molar-refractivity contribution in [3.8, 4) is 0 Å². The molecule has 0 bridgehead atoms. The van der Waals surface area contributed by atoms with E-state index >= 15 is 0 Å². The monoisotopic (exact) mass is 125 g/mol. The average molecular weight is 125 g/mol. The van der Waals surface area contributed by atoms with Gasteiger partial charge >= 0.3 is 0 Å². The van der Waals surface area contributed by atoms with Gasteiger partial charge in [0.05, 0.1) is 17.9 Å². The first-order valence-electron chi connectivity index (χ1n) is 2.43. The molecule has 1 aromatic heterocycles. The number of hydrogen-bond donors (Lipinski definition) is 1. The number of nitrogens with one attached hydrogen (secondary N) is 1. The first kappa shape index (κ1) is 5.81. The summed E-state index contributed by atoms with van der Waals surface area (Å²) in [7, 11) is 0. The summed E-state index contributed by atoms with van der Waals surface area (Å²) in [4.78, 5) is 16.2. The molecule has 0 aliphatic carbocycles. The van der Waals surface area contributed by atoms with Gasteiger partial charge in [-0.15, -0.1) is 0 Å². The summed E-state index contributed by atoms with van der Waals surface area (Å²) in [5, 5.41) is 10.0. The number of carboxylic acids is 1. The Labute approximate surface area is 51.5 Å². The van der Waals surface area contributed by atoms with E-state index in [0.717, 1.165) is 0 Å². The van der Waals surface area contributed by atoms with E-state index in [-0.39, 0.29) is 5.69 Å². The van der Waals surface area contributed by atoms with Crippen molar-refractivity contribution in [2.75, 3.05) is 0 Å². The molecule has 0 saturated heterocycles. The Balaban J connectivity index is 2.98. The van der Waals surface area contributed by atoms with Gasteiger partial charge in [-0.25, -0.2) is 4.98 Å². The van der Waals surface area contributed by atoms with E-state index in [1.54, 1.807) is 6.92 Å². The van der Waals surface area contributed by atoms with Crippen LogP contribution in [0, 0.1) is 6.92 Å². The quantitative estimate of drug-likeness (QED) is 0.527. The third kappa shape index (κ3) is 1.07. The molecule has 4 nitrogen and oxygen atoms in total. The van der Waals surface area contributed by atoms with Crippen molar-refractivity contribution in [2.45, 2.75) is 6.92 Å². The normalized spacial score (nSPS) is 9.44. The van der Waals surface area contributed by atoms with E-state index in [0.29, 0.717) is 5.82 Å². The van der Waals surface area contributed by atoms with Crippen LogP contribution in [-0.4, -0.2) is 15.9 Å². The van der Waals surface area contributed by atoms with E-state index in [1.165, 1.54) is 6.20 Å². The van der Waals surface area contributed by atoms with E-state index in [4.69, 9.17) is 0 Å². The highest BCUT2D eigenvalue weighted by atomic mass is 16.4. The number of carbonyl (C=O) groups is 1. The van der Waals surface area contributed by atoms with E-state index in [9.17, 15) is 9.90 Å². The first-order chi connectivity index (χ1) is 4.20. The van der Waals surface area contributed by atoms with Crippen LogP contribution in [0.25, 0.3) is 0 Å². The van der Waals surface area contributed by atoms with E-state index in [1.807, 2.05) is 0 Å². The minimum absolute atomic E-state index is 0.0208. The summed E-state index contributed by atoms with van der Waals surface area (Å²) < 4.78 is 0. The molecule has 1 rings (SSSR count). The van der Waals surface area contributed by atoms with Gasteiger partial charge < -0.3 is 14.9 Å². The number of nitrogens with zero attached hydrogens (tertiary/aromatic N) is 1. The van der Waals surface area contributed by atoms with Crippen LogP contribution < -0.4 is 5.11 Å². The Bertz CT molecular complexity index is 229. The summed E-state index contributed by atoms with van der Waals surface area (Å²) >= 11 is 0. The van der Waals surface area contributed by atoms with Gasteiger partial charge in [-0.1, -0.05) is 0 Å². The Morgan fingerprint density at radius 3 is 2.78 bits per heavy atom. The summed E-state index contributed by atoms with van der Waals surface area (Å²) in [5.41, 5.74) is 0.0208. The summed E-state index contributed by atoms with van der Waals surface area (Å²) in [6, 6.07) is 0. The molecule has 0 aliphatic heterocycles. The fourth-order valence-corrected chi connectivity index (χ4v) is 0.525. The molecule has 0 atom stereocenters. The Morgan fingerprint density at radius 1 is 1.89 bits per heavy atom. The molecule has 0 aliphatic rings. The molecule has 4 heteroatoms. The third-order valence-corrected chi connectivity index (χ3v) is 0.923. The Kier molecular flexibility index (Phi) is 1.22. The zero-order chi connectivity index (χ0) is 6.85. The molecule has 0 saturated carbocycles. The van der Waals surface area contributed by atoms with E-state index in [2.05, 4.69) is 9.97 Å². The van der Waals surface area contributed by atoms with Crippen LogP contribution in [0.3, 0.4) is 0 Å². The number of aromatic amines is 1. The zero-order valence-electron chi connectivity index (χ0n) is 4.84. The number of carboxylic acid groups (broad SMARTS) is 1. The van der Waals surface area contributed by atoms with Crippen molar-refractivity contribution < 1.29 is 9.90 Å². The van der Waals surface area contributed by atoms with Gasteiger partial charge in [-0.3, -0.25) is 0 Å². The second-order valence-electron chi connectivity index (χ2n) is 1.67. The van der Waals surface area contributed by atoms with E-state index < -0.39 is 5.97 Å².